The van der Waals surface area contributed by atoms with E-state index in [2.05, 4.69) is 6.92 Å². The number of allylic oxidation sites excluding steroid dienone is 1. The summed E-state index contributed by atoms with van der Waals surface area (Å²) in [5.74, 6) is -0.113. The van der Waals surface area contributed by atoms with E-state index in [1.807, 2.05) is 0 Å². The molecule has 0 spiro atoms. The first-order chi connectivity index (χ1) is 8.22. The number of ketones is 1. The van der Waals surface area contributed by atoms with E-state index in [1.165, 1.54) is 25.0 Å². The lowest BCUT2D eigenvalue weighted by Gasteiger charge is -1.96. The highest BCUT2D eigenvalue weighted by Crippen LogP contribution is 2.07. The molecule has 1 aromatic carbocycles. The van der Waals surface area contributed by atoms with Gasteiger partial charge in [0.2, 0.25) is 0 Å². The average Bonchev–Trinajstić information content (AvgIpc) is 2.34. The molecule has 0 N–H and O–H groups in total. The van der Waals surface area contributed by atoms with Crippen molar-refractivity contribution >= 4 is 11.9 Å². The summed E-state index contributed by atoms with van der Waals surface area (Å²) in [6.07, 6.45) is 8.38. The molecule has 0 radical (unpaired) electrons. The summed E-state index contributed by atoms with van der Waals surface area (Å²) in [5, 5.41) is 0. The predicted molar refractivity (Wildman–Crippen MR) is 69.2 cm³/mol. The van der Waals surface area contributed by atoms with Crippen molar-refractivity contribution in [2.45, 2.75) is 39.0 Å². The first kappa shape index (κ1) is 13.6. The van der Waals surface area contributed by atoms with E-state index in [1.54, 1.807) is 24.3 Å². The van der Waals surface area contributed by atoms with Crippen molar-refractivity contribution in [3.63, 3.8) is 0 Å². The van der Waals surface area contributed by atoms with Crippen molar-refractivity contribution in [2.75, 3.05) is 0 Å². The van der Waals surface area contributed by atoms with E-state index in [9.17, 15) is 9.18 Å². The van der Waals surface area contributed by atoms with Gasteiger partial charge >= 0.3 is 0 Å². The lowest BCUT2D eigenvalue weighted by atomic mass is 10.1. The summed E-state index contributed by atoms with van der Waals surface area (Å²) >= 11 is 0. The van der Waals surface area contributed by atoms with Gasteiger partial charge in [-0.25, -0.2) is 4.39 Å². The summed E-state index contributed by atoms with van der Waals surface area (Å²) in [4.78, 5) is 11.5. The molecule has 0 saturated heterocycles. The van der Waals surface area contributed by atoms with Crippen LogP contribution in [0.25, 0.3) is 6.08 Å². The Hall–Kier alpha value is -1.44. The predicted octanol–water partition coefficient (Wildman–Crippen LogP) is 4.38. The Labute approximate surface area is 102 Å². The van der Waals surface area contributed by atoms with E-state index >= 15 is 0 Å². The minimum atomic E-state index is -0.256. The molecule has 1 rings (SSSR count). The van der Waals surface area contributed by atoms with Crippen LogP contribution in [0.4, 0.5) is 4.39 Å². The van der Waals surface area contributed by atoms with Crippen LogP contribution in [0.5, 0.6) is 0 Å². The summed E-state index contributed by atoms with van der Waals surface area (Å²) in [7, 11) is 0. The van der Waals surface area contributed by atoms with Crippen molar-refractivity contribution in [3.05, 3.63) is 41.7 Å². The summed E-state index contributed by atoms with van der Waals surface area (Å²) in [5.41, 5.74) is 0.855. The zero-order chi connectivity index (χ0) is 12.5. The van der Waals surface area contributed by atoms with Crippen LogP contribution in [0.15, 0.2) is 30.3 Å². The number of hydrogen-bond acceptors (Lipinski definition) is 1. The summed E-state index contributed by atoms with van der Waals surface area (Å²) in [6.45, 7) is 2.15. The topological polar surface area (TPSA) is 17.1 Å². The highest BCUT2D eigenvalue weighted by molar-refractivity contribution is 5.93. The third-order valence-electron chi connectivity index (χ3n) is 2.61. The van der Waals surface area contributed by atoms with Gasteiger partial charge in [-0.05, 0) is 30.2 Å². The molecule has 2 heteroatoms. The lowest BCUT2D eigenvalue weighted by molar-refractivity contribution is -0.114. The van der Waals surface area contributed by atoms with E-state index in [-0.39, 0.29) is 11.6 Å². The molecule has 92 valence electrons. The molecule has 0 amide bonds. The van der Waals surface area contributed by atoms with Crippen molar-refractivity contribution in [1.29, 1.82) is 0 Å². The highest BCUT2D eigenvalue weighted by Gasteiger charge is 1.96. The molecule has 0 unspecified atom stereocenters. The molecule has 0 heterocycles. The van der Waals surface area contributed by atoms with Gasteiger partial charge in [0.15, 0.2) is 5.78 Å². The van der Waals surface area contributed by atoms with Crippen LogP contribution in [0.3, 0.4) is 0 Å². The fourth-order valence-electron chi connectivity index (χ4n) is 1.57. The number of carbonyl (C=O) groups is 1. The van der Waals surface area contributed by atoms with E-state index < -0.39 is 0 Å². The average molecular weight is 234 g/mol. The van der Waals surface area contributed by atoms with Crippen LogP contribution in [0.1, 0.15) is 44.6 Å². The normalized spacial score (nSPS) is 10.9. The van der Waals surface area contributed by atoms with Crippen LogP contribution in [-0.4, -0.2) is 5.78 Å². The maximum Gasteiger partial charge on any atom is 0.155 e. The van der Waals surface area contributed by atoms with E-state index in [4.69, 9.17) is 0 Å². The smallest absolute Gasteiger partial charge is 0.155 e. The van der Waals surface area contributed by atoms with Crippen LogP contribution in [0, 0.1) is 5.82 Å². The molecule has 0 atom stereocenters. The molecule has 0 aliphatic rings. The van der Waals surface area contributed by atoms with Gasteiger partial charge in [-0.2, -0.15) is 0 Å². The van der Waals surface area contributed by atoms with Gasteiger partial charge in [-0.3, -0.25) is 4.79 Å². The van der Waals surface area contributed by atoms with Crippen molar-refractivity contribution < 1.29 is 9.18 Å². The van der Waals surface area contributed by atoms with Crippen LogP contribution in [-0.2, 0) is 4.79 Å². The monoisotopic (exact) mass is 234 g/mol. The Bertz CT molecular complexity index is 365. The molecule has 0 saturated carbocycles. The molecule has 1 aromatic rings. The standard InChI is InChI=1S/C15H19FO/c1-2-3-4-5-6-15(17)12-9-13-7-10-14(16)11-8-13/h7-12H,2-6H2,1H3/b12-9+. The maximum absolute atomic E-state index is 12.6. The fraction of sp³-hybridized carbons (Fsp3) is 0.400. The van der Waals surface area contributed by atoms with E-state index in [0.717, 1.165) is 18.4 Å². The van der Waals surface area contributed by atoms with Crippen molar-refractivity contribution in [3.8, 4) is 0 Å². The van der Waals surface area contributed by atoms with Crippen LogP contribution >= 0.6 is 0 Å². The number of unbranched alkanes of at least 4 members (excludes halogenated alkanes) is 3. The zero-order valence-electron chi connectivity index (χ0n) is 10.3. The van der Waals surface area contributed by atoms with Gasteiger partial charge in [0, 0.05) is 6.42 Å². The van der Waals surface area contributed by atoms with Gasteiger partial charge in [0.1, 0.15) is 5.82 Å². The highest BCUT2D eigenvalue weighted by atomic mass is 19.1. The minimum Gasteiger partial charge on any atom is -0.295 e. The number of rotatable bonds is 7. The summed E-state index contributed by atoms with van der Waals surface area (Å²) in [6, 6.07) is 6.11. The Morgan fingerprint density at radius 1 is 1.18 bits per heavy atom. The summed E-state index contributed by atoms with van der Waals surface area (Å²) < 4.78 is 12.6. The second kappa shape index (κ2) is 7.77. The molecule has 0 aromatic heterocycles. The Balaban J connectivity index is 2.32. The molecular weight excluding hydrogens is 215 g/mol. The molecule has 17 heavy (non-hydrogen) atoms. The molecule has 0 bridgehead atoms. The third kappa shape index (κ3) is 6.00. The van der Waals surface area contributed by atoms with Gasteiger partial charge < -0.3 is 0 Å². The molecular formula is C15H19FO. The van der Waals surface area contributed by atoms with Gasteiger partial charge in [-0.1, -0.05) is 44.4 Å². The first-order valence-corrected chi connectivity index (χ1v) is 6.19. The third-order valence-corrected chi connectivity index (χ3v) is 2.61. The van der Waals surface area contributed by atoms with Gasteiger partial charge in [0.05, 0.1) is 0 Å². The number of hydrogen-bond donors (Lipinski definition) is 0. The minimum absolute atomic E-state index is 0.144. The molecule has 1 nitrogen and oxygen atoms in total. The number of halogens is 1. The Morgan fingerprint density at radius 3 is 2.53 bits per heavy atom. The SMILES string of the molecule is CCCCCCC(=O)/C=C/c1ccc(F)cc1. The quantitative estimate of drug-likeness (QED) is 0.505. The van der Waals surface area contributed by atoms with Crippen molar-refractivity contribution in [1.82, 2.24) is 0 Å². The second-order valence-electron chi connectivity index (χ2n) is 4.16. The Kier molecular flexibility index (Phi) is 6.23. The maximum atomic E-state index is 12.6. The number of carbonyl (C=O) groups excluding carboxylic acids is 1. The fourth-order valence-corrected chi connectivity index (χ4v) is 1.57. The van der Waals surface area contributed by atoms with Gasteiger partial charge in [-0.15, -0.1) is 0 Å². The zero-order valence-corrected chi connectivity index (χ0v) is 10.3. The van der Waals surface area contributed by atoms with Crippen LogP contribution in [0.2, 0.25) is 0 Å². The largest absolute Gasteiger partial charge is 0.295 e. The number of benzene rings is 1. The molecule has 0 fully saturated rings. The Morgan fingerprint density at radius 2 is 1.88 bits per heavy atom. The van der Waals surface area contributed by atoms with E-state index in [0.29, 0.717) is 6.42 Å². The van der Waals surface area contributed by atoms with Crippen molar-refractivity contribution in [2.24, 2.45) is 0 Å². The lowest BCUT2D eigenvalue weighted by Crippen LogP contribution is -1.92. The molecule has 0 aliphatic carbocycles. The molecule has 0 aliphatic heterocycles. The second-order valence-corrected chi connectivity index (χ2v) is 4.16. The first-order valence-electron chi connectivity index (χ1n) is 6.19. The van der Waals surface area contributed by atoms with Gasteiger partial charge in [0.25, 0.3) is 0 Å². The van der Waals surface area contributed by atoms with Crippen LogP contribution < -0.4 is 0 Å².